The van der Waals surface area contributed by atoms with E-state index >= 15 is 0 Å². The molecule has 1 aliphatic heterocycles. The summed E-state index contributed by atoms with van der Waals surface area (Å²) in [5.41, 5.74) is 3.43. The first kappa shape index (κ1) is 20.6. The summed E-state index contributed by atoms with van der Waals surface area (Å²) in [5, 5.41) is 10.7. The first-order valence-corrected chi connectivity index (χ1v) is 10.7. The van der Waals surface area contributed by atoms with Gasteiger partial charge >= 0.3 is 0 Å². The van der Waals surface area contributed by atoms with Crippen molar-refractivity contribution < 1.29 is 18.7 Å². The maximum Gasteiger partial charge on any atom is 0.137 e. The molecule has 3 nitrogen and oxygen atoms in total. The number of aliphatic hydroxyl groups is 1. The Morgan fingerprint density at radius 3 is 2.13 bits per heavy atom. The fraction of sp³-hybridized carbons (Fsp3) is 0.308. The Morgan fingerprint density at radius 1 is 0.833 bits per heavy atom. The molecule has 1 fully saturated rings. The lowest BCUT2D eigenvalue weighted by atomic mass is 10.1. The number of aliphatic hydroxyl groups excluding tert-OH is 1. The molecule has 0 saturated carbocycles. The minimum absolute atomic E-state index is 0.210. The van der Waals surface area contributed by atoms with E-state index in [-0.39, 0.29) is 12.4 Å². The van der Waals surface area contributed by atoms with Crippen molar-refractivity contribution in [3.8, 4) is 16.9 Å². The Labute approximate surface area is 178 Å². The van der Waals surface area contributed by atoms with Crippen molar-refractivity contribution in [1.29, 1.82) is 0 Å². The van der Waals surface area contributed by atoms with Gasteiger partial charge in [0.05, 0.1) is 13.1 Å². The lowest BCUT2D eigenvalue weighted by molar-refractivity contribution is -0.932. The van der Waals surface area contributed by atoms with Crippen molar-refractivity contribution in [3.63, 3.8) is 0 Å². The average molecular weight is 407 g/mol. The number of hydrogen-bond donors (Lipinski definition) is 1. The molecule has 0 aliphatic carbocycles. The Balaban J connectivity index is 1.33. The minimum atomic E-state index is -0.544. The largest absolute Gasteiger partial charge is 0.491 e. The van der Waals surface area contributed by atoms with E-state index in [9.17, 15) is 9.50 Å². The van der Waals surface area contributed by atoms with Crippen LogP contribution >= 0.6 is 0 Å². The van der Waals surface area contributed by atoms with Crippen LogP contribution < -0.4 is 4.74 Å². The van der Waals surface area contributed by atoms with Crippen molar-refractivity contribution in [3.05, 3.63) is 90.2 Å². The molecule has 0 radical (unpaired) electrons. The third-order valence-electron chi connectivity index (χ3n) is 5.95. The highest BCUT2D eigenvalue weighted by Gasteiger charge is 2.34. The Kier molecular flexibility index (Phi) is 6.46. The molecule has 4 rings (SSSR count). The van der Waals surface area contributed by atoms with Gasteiger partial charge in [-0.3, -0.25) is 0 Å². The number of ether oxygens (including phenoxy) is 1. The highest BCUT2D eigenvalue weighted by molar-refractivity contribution is 5.63. The third-order valence-corrected chi connectivity index (χ3v) is 5.95. The molecule has 3 aromatic carbocycles. The van der Waals surface area contributed by atoms with Gasteiger partial charge in [-0.1, -0.05) is 54.6 Å². The molecular weight excluding hydrogens is 377 g/mol. The summed E-state index contributed by atoms with van der Waals surface area (Å²) >= 11 is 0. The van der Waals surface area contributed by atoms with Crippen LogP contribution in [0.15, 0.2) is 78.9 Å². The topological polar surface area (TPSA) is 29.5 Å². The molecule has 30 heavy (non-hydrogen) atoms. The summed E-state index contributed by atoms with van der Waals surface area (Å²) in [4.78, 5) is 0. The number of benzene rings is 3. The number of quaternary nitrogens is 1. The predicted octanol–water partition coefficient (Wildman–Crippen LogP) is 5.04. The lowest BCUT2D eigenvalue weighted by Crippen LogP contribution is -2.50. The quantitative estimate of drug-likeness (QED) is 0.531. The van der Waals surface area contributed by atoms with E-state index in [2.05, 4.69) is 12.1 Å². The van der Waals surface area contributed by atoms with E-state index in [1.165, 1.54) is 17.7 Å². The predicted molar refractivity (Wildman–Crippen MR) is 118 cm³/mol. The second-order valence-corrected chi connectivity index (χ2v) is 8.32. The highest BCUT2D eigenvalue weighted by atomic mass is 19.1. The van der Waals surface area contributed by atoms with Gasteiger partial charge < -0.3 is 14.3 Å². The number of rotatable bonds is 8. The zero-order valence-electron chi connectivity index (χ0n) is 17.2. The zero-order valence-corrected chi connectivity index (χ0v) is 17.2. The number of halogens is 1. The van der Waals surface area contributed by atoms with Crippen LogP contribution in [-0.2, 0) is 6.54 Å². The maximum absolute atomic E-state index is 13.2. The first-order chi connectivity index (χ1) is 14.6. The van der Waals surface area contributed by atoms with Gasteiger partial charge in [0.25, 0.3) is 0 Å². The van der Waals surface area contributed by atoms with Crippen LogP contribution in [0.25, 0.3) is 11.1 Å². The standard InChI is InChI=1S/C26H29FNO2/c27-24-12-8-21(9-13-24)18-28(16-4-5-17-28)19-25(29)20-30-26-14-10-23(11-15-26)22-6-2-1-3-7-22/h1-3,6-15,25,29H,4-5,16-20H2/q+1. The summed E-state index contributed by atoms with van der Waals surface area (Å²) in [5.74, 6) is 0.554. The Bertz CT molecular complexity index is 920. The molecule has 1 unspecified atom stereocenters. The summed E-state index contributed by atoms with van der Waals surface area (Å²) in [7, 11) is 0. The highest BCUT2D eigenvalue weighted by Crippen LogP contribution is 2.25. The molecule has 0 bridgehead atoms. The van der Waals surface area contributed by atoms with Crippen molar-refractivity contribution >= 4 is 0 Å². The van der Waals surface area contributed by atoms with E-state index in [0.717, 1.165) is 53.8 Å². The van der Waals surface area contributed by atoms with Crippen LogP contribution in [0.5, 0.6) is 5.75 Å². The number of likely N-dealkylation sites (tertiary alicyclic amines) is 1. The molecule has 1 aliphatic rings. The van der Waals surface area contributed by atoms with E-state index in [1.807, 2.05) is 54.6 Å². The minimum Gasteiger partial charge on any atom is -0.491 e. The molecule has 0 amide bonds. The van der Waals surface area contributed by atoms with Gasteiger partial charge in [-0.25, -0.2) is 4.39 Å². The molecule has 156 valence electrons. The maximum atomic E-state index is 13.2. The second-order valence-electron chi connectivity index (χ2n) is 8.32. The molecule has 0 spiro atoms. The second kappa shape index (κ2) is 9.41. The monoisotopic (exact) mass is 406 g/mol. The van der Waals surface area contributed by atoms with Crippen LogP contribution in [-0.4, -0.2) is 41.9 Å². The van der Waals surface area contributed by atoms with Crippen molar-refractivity contribution in [2.45, 2.75) is 25.5 Å². The smallest absolute Gasteiger partial charge is 0.137 e. The van der Waals surface area contributed by atoms with Gasteiger partial charge in [-0.2, -0.15) is 0 Å². The fourth-order valence-corrected chi connectivity index (χ4v) is 4.45. The first-order valence-electron chi connectivity index (χ1n) is 10.7. The third kappa shape index (κ3) is 5.26. The zero-order chi connectivity index (χ0) is 20.8. The summed E-state index contributed by atoms with van der Waals surface area (Å²) < 4.78 is 19.9. The SMILES string of the molecule is OC(COc1ccc(-c2ccccc2)cc1)C[N+]1(Cc2ccc(F)cc2)CCCC1. The van der Waals surface area contributed by atoms with Crippen LogP contribution in [0.3, 0.4) is 0 Å². The van der Waals surface area contributed by atoms with E-state index in [1.54, 1.807) is 0 Å². The van der Waals surface area contributed by atoms with Gasteiger partial charge in [0, 0.05) is 18.4 Å². The normalized spacial score (nSPS) is 16.3. The molecule has 0 aromatic heterocycles. The van der Waals surface area contributed by atoms with Gasteiger partial charge in [0.1, 0.15) is 37.4 Å². The molecule has 1 N–H and O–H groups in total. The molecule has 1 saturated heterocycles. The van der Waals surface area contributed by atoms with Gasteiger partial charge in [0.2, 0.25) is 0 Å². The molecule has 1 heterocycles. The van der Waals surface area contributed by atoms with Crippen molar-refractivity contribution in [2.24, 2.45) is 0 Å². The van der Waals surface area contributed by atoms with Crippen LogP contribution in [0.4, 0.5) is 4.39 Å². The van der Waals surface area contributed by atoms with Crippen LogP contribution in [0.1, 0.15) is 18.4 Å². The van der Waals surface area contributed by atoms with E-state index in [4.69, 9.17) is 4.74 Å². The van der Waals surface area contributed by atoms with E-state index in [0.29, 0.717) is 6.54 Å². The van der Waals surface area contributed by atoms with Crippen molar-refractivity contribution in [1.82, 2.24) is 0 Å². The fourth-order valence-electron chi connectivity index (χ4n) is 4.45. The number of hydrogen-bond acceptors (Lipinski definition) is 2. The van der Waals surface area contributed by atoms with Gasteiger partial charge in [-0.05, 0) is 35.4 Å². The molecular formula is C26H29FNO2+. The van der Waals surface area contributed by atoms with E-state index < -0.39 is 6.10 Å². The Hall–Kier alpha value is -2.69. The van der Waals surface area contributed by atoms with Gasteiger partial charge in [-0.15, -0.1) is 0 Å². The average Bonchev–Trinajstić information content (AvgIpc) is 3.23. The lowest BCUT2D eigenvalue weighted by Gasteiger charge is -2.36. The van der Waals surface area contributed by atoms with Gasteiger partial charge in [0.15, 0.2) is 0 Å². The van der Waals surface area contributed by atoms with Crippen LogP contribution in [0.2, 0.25) is 0 Å². The van der Waals surface area contributed by atoms with Crippen molar-refractivity contribution in [2.75, 3.05) is 26.2 Å². The molecule has 1 atom stereocenters. The summed E-state index contributed by atoms with van der Waals surface area (Å²) in [6.07, 6.45) is 1.78. The Morgan fingerprint density at radius 2 is 1.47 bits per heavy atom. The number of nitrogens with zero attached hydrogens (tertiary/aromatic N) is 1. The molecule has 4 heteroatoms. The summed E-state index contributed by atoms with van der Waals surface area (Å²) in [6, 6.07) is 24.9. The summed E-state index contributed by atoms with van der Waals surface area (Å²) in [6.45, 7) is 3.83. The molecule has 3 aromatic rings. The van der Waals surface area contributed by atoms with Crippen LogP contribution in [0, 0.1) is 5.82 Å².